The Kier molecular flexibility index (Phi) is 3.78. The number of nitrogens with two attached hydrogens (primary N) is 1. The van der Waals surface area contributed by atoms with Crippen LogP contribution in [-0.2, 0) is 0 Å². The smallest absolute Gasteiger partial charge is 0.0967 e. The van der Waals surface area contributed by atoms with Gasteiger partial charge in [0.1, 0.15) is 0 Å². The minimum atomic E-state index is -0.824. The topological polar surface area (TPSA) is 46.2 Å². The standard InChI is InChI=1S/C10H13Cl2NO/c1-5-3-4-7(11)8(9(5)12)10(14)6(2)13/h3-4,6,10,14H,13H2,1-2H3/t6-,10-/m0/s1. The molecular weight excluding hydrogens is 221 g/mol. The van der Waals surface area contributed by atoms with Crippen molar-refractivity contribution < 1.29 is 5.11 Å². The van der Waals surface area contributed by atoms with Crippen molar-refractivity contribution in [2.75, 3.05) is 0 Å². The fourth-order valence-electron chi connectivity index (χ4n) is 1.21. The maximum absolute atomic E-state index is 9.79. The Morgan fingerprint density at radius 1 is 1.36 bits per heavy atom. The zero-order valence-electron chi connectivity index (χ0n) is 8.09. The predicted octanol–water partition coefficient (Wildman–Crippen LogP) is 2.68. The van der Waals surface area contributed by atoms with E-state index in [1.165, 1.54) is 0 Å². The lowest BCUT2D eigenvalue weighted by molar-refractivity contribution is 0.153. The fraction of sp³-hybridized carbons (Fsp3) is 0.400. The van der Waals surface area contributed by atoms with Gasteiger partial charge in [-0.2, -0.15) is 0 Å². The summed E-state index contributed by atoms with van der Waals surface area (Å²) in [4.78, 5) is 0. The predicted molar refractivity (Wildman–Crippen MR) is 59.8 cm³/mol. The molecule has 0 radical (unpaired) electrons. The van der Waals surface area contributed by atoms with E-state index in [2.05, 4.69) is 0 Å². The second-order valence-electron chi connectivity index (χ2n) is 3.40. The normalized spacial score (nSPS) is 15.3. The summed E-state index contributed by atoms with van der Waals surface area (Å²) in [6.45, 7) is 3.57. The van der Waals surface area contributed by atoms with Gasteiger partial charge in [0.25, 0.3) is 0 Å². The molecule has 0 unspecified atom stereocenters. The average molecular weight is 234 g/mol. The number of hydrogen-bond acceptors (Lipinski definition) is 2. The molecule has 78 valence electrons. The molecule has 1 aromatic carbocycles. The molecule has 3 N–H and O–H groups in total. The quantitative estimate of drug-likeness (QED) is 0.826. The molecule has 0 heterocycles. The van der Waals surface area contributed by atoms with Crippen molar-refractivity contribution in [1.82, 2.24) is 0 Å². The molecule has 0 aliphatic heterocycles. The van der Waals surface area contributed by atoms with E-state index in [0.29, 0.717) is 15.6 Å². The summed E-state index contributed by atoms with van der Waals surface area (Å²) in [6, 6.07) is 3.12. The van der Waals surface area contributed by atoms with E-state index < -0.39 is 12.1 Å². The zero-order valence-corrected chi connectivity index (χ0v) is 9.60. The van der Waals surface area contributed by atoms with Crippen LogP contribution in [0.4, 0.5) is 0 Å². The van der Waals surface area contributed by atoms with Crippen molar-refractivity contribution in [3.63, 3.8) is 0 Å². The number of aliphatic hydroxyl groups excluding tert-OH is 1. The maximum Gasteiger partial charge on any atom is 0.0967 e. The molecule has 0 bridgehead atoms. The molecule has 0 fully saturated rings. The molecule has 0 saturated carbocycles. The second-order valence-corrected chi connectivity index (χ2v) is 4.18. The Bertz CT molecular complexity index is 339. The highest BCUT2D eigenvalue weighted by atomic mass is 35.5. The minimum absolute atomic E-state index is 0.396. The molecule has 4 heteroatoms. The molecule has 0 aromatic heterocycles. The molecule has 0 spiro atoms. The van der Waals surface area contributed by atoms with Gasteiger partial charge in [-0.25, -0.2) is 0 Å². The van der Waals surface area contributed by atoms with Gasteiger partial charge in [-0.15, -0.1) is 0 Å². The van der Waals surface area contributed by atoms with Crippen LogP contribution in [0.5, 0.6) is 0 Å². The number of benzene rings is 1. The number of aryl methyl sites for hydroxylation is 1. The van der Waals surface area contributed by atoms with E-state index in [1.807, 2.05) is 13.0 Å². The summed E-state index contributed by atoms with van der Waals surface area (Å²) >= 11 is 12.0. The van der Waals surface area contributed by atoms with Crippen LogP contribution in [-0.4, -0.2) is 11.1 Å². The summed E-state index contributed by atoms with van der Waals surface area (Å²) in [7, 11) is 0. The lowest BCUT2D eigenvalue weighted by Crippen LogP contribution is -2.25. The molecule has 0 aliphatic rings. The highest BCUT2D eigenvalue weighted by Gasteiger charge is 2.19. The van der Waals surface area contributed by atoms with Crippen LogP contribution < -0.4 is 5.73 Å². The van der Waals surface area contributed by atoms with Crippen molar-refractivity contribution >= 4 is 23.2 Å². The first-order valence-electron chi connectivity index (χ1n) is 4.33. The first kappa shape index (κ1) is 11.8. The van der Waals surface area contributed by atoms with Crippen LogP contribution in [0.25, 0.3) is 0 Å². The Labute approximate surface area is 93.6 Å². The minimum Gasteiger partial charge on any atom is -0.387 e. The van der Waals surface area contributed by atoms with Gasteiger partial charge in [0, 0.05) is 16.6 Å². The summed E-state index contributed by atoms with van der Waals surface area (Å²) < 4.78 is 0. The monoisotopic (exact) mass is 233 g/mol. The molecule has 2 nitrogen and oxygen atoms in total. The summed E-state index contributed by atoms with van der Waals surface area (Å²) in [6.07, 6.45) is -0.824. The Morgan fingerprint density at radius 2 is 1.93 bits per heavy atom. The Hall–Kier alpha value is -0.280. The first-order chi connectivity index (χ1) is 6.45. The summed E-state index contributed by atoms with van der Waals surface area (Å²) in [5.74, 6) is 0. The van der Waals surface area contributed by atoms with Crippen molar-refractivity contribution in [2.24, 2.45) is 5.73 Å². The van der Waals surface area contributed by atoms with Crippen LogP contribution >= 0.6 is 23.2 Å². The van der Waals surface area contributed by atoms with E-state index in [1.54, 1.807) is 13.0 Å². The first-order valence-corrected chi connectivity index (χ1v) is 5.09. The van der Waals surface area contributed by atoms with Crippen LogP contribution in [0.2, 0.25) is 10.0 Å². The largest absolute Gasteiger partial charge is 0.387 e. The summed E-state index contributed by atoms with van der Waals surface area (Å²) in [5, 5.41) is 10.7. The van der Waals surface area contributed by atoms with Gasteiger partial charge in [-0.05, 0) is 25.5 Å². The van der Waals surface area contributed by atoms with Gasteiger partial charge in [0.2, 0.25) is 0 Å². The van der Waals surface area contributed by atoms with Gasteiger partial charge >= 0.3 is 0 Å². The molecule has 1 rings (SSSR count). The van der Waals surface area contributed by atoms with E-state index in [4.69, 9.17) is 28.9 Å². The third kappa shape index (κ3) is 2.20. The number of hydrogen-bond donors (Lipinski definition) is 2. The molecule has 1 aromatic rings. The van der Waals surface area contributed by atoms with Crippen molar-refractivity contribution in [3.05, 3.63) is 33.3 Å². The number of aliphatic hydroxyl groups is 1. The highest BCUT2D eigenvalue weighted by molar-refractivity contribution is 6.36. The van der Waals surface area contributed by atoms with Gasteiger partial charge < -0.3 is 10.8 Å². The maximum atomic E-state index is 9.79. The van der Waals surface area contributed by atoms with E-state index in [-0.39, 0.29) is 0 Å². The fourth-order valence-corrected chi connectivity index (χ4v) is 1.81. The van der Waals surface area contributed by atoms with Crippen LogP contribution in [0.3, 0.4) is 0 Å². The van der Waals surface area contributed by atoms with E-state index in [0.717, 1.165) is 5.56 Å². The molecule has 2 atom stereocenters. The van der Waals surface area contributed by atoms with Gasteiger partial charge in [-0.3, -0.25) is 0 Å². The van der Waals surface area contributed by atoms with Crippen molar-refractivity contribution in [1.29, 1.82) is 0 Å². The SMILES string of the molecule is Cc1ccc(Cl)c([C@@H](O)[C@H](C)N)c1Cl. The van der Waals surface area contributed by atoms with E-state index in [9.17, 15) is 5.11 Å². The lowest BCUT2D eigenvalue weighted by atomic mass is 10.0. The molecular formula is C10H13Cl2NO. The highest BCUT2D eigenvalue weighted by Crippen LogP contribution is 2.33. The average Bonchev–Trinajstić information content (AvgIpc) is 2.12. The van der Waals surface area contributed by atoms with E-state index >= 15 is 0 Å². The van der Waals surface area contributed by atoms with Crippen molar-refractivity contribution in [2.45, 2.75) is 26.0 Å². The third-order valence-corrected chi connectivity index (χ3v) is 2.94. The second kappa shape index (κ2) is 4.49. The van der Waals surface area contributed by atoms with Crippen LogP contribution in [0, 0.1) is 6.92 Å². The number of rotatable bonds is 2. The third-order valence-electron chi connectivity index (χ3n) is 2.11. The lowest BCUT2D eigenvalue weighted by Gasteiger charge is -2.18. The molecule has 0 aliphatic carbocycles. The van der Waals surface area contributed by atoms with Gasteiger partial charge in [-0.1, -0.05) is 29.3 Å². The van der Waals surface area contributed by atoms with Gasteiger partial charge in [0.05, 0.1) is 11.1 Å². The summed E-state index contributed by atoms with van der Waals surface area (Å²) in [5.41, 5.74) is 6.99. The molecule has 0 amide bonds. The van der Waals surface area contributed by atoms with Gasteiger partial charge in [0.15, 0.2) is 0 Å². The molecule has 14 heavy (non-hydrogen) atoms. The van der Waals surface area contributed by atoms with Crippen molar-refractivity contribution in [3.8, 4) is 0 Å². The Balaban J connectivity index is 3.25. The number of halogens is 2. The molecule has 0 saturated heterocycles. The van der Waals surface area contributed by atoms with Crippen LogP contribution in [0.1, 0.15) is 24.2 Å². The zero-order chi connectivity index (χ0) is 10.9. The van der Waals surface area contributed by atoms with Crippen LogP contribution in [0.15, 0.2) is 12.1 Å². The Morgan fingerprint density at radius 3 is 2.43 bits per heavy atom.